The van der Waals surface area contributed by atoms with Gasteiger partial charge in [-0.25, -0.2) is 0 Å². The zero-order valence-electron chi connectivity index (χ0n) is 6.67. The molecule has 0 heterocycles. The fraction of sp³-hybridized carbons (Fsp3) is 0.600. The average molecular weight is 134 g/mol. The average Bonchev–Trinajstić information content (AvgIpc) is 1.91. The molecule has 2 aliphatic carbocycles. The van der Waals surface area contributed by atoms with Crippen molar-refractivity contribution >= 4 is 0 Å². The normalized spacial score (nSPS) is 43.8. The molecular formula is C10H14. The molecular weight excluding hydrogens is 120 g/mol. The van der Waals surface area contributed by atoms with Crippen LogP contribution >= 0.6 is 0 Å². The Labute approximate surface area is 62.6 Å². The van der Waals surface area contributed by atoms with E-state index in [9.17, 15) is 0 Å². The second-order valence-corrected chi connectivity index (χ2v) is 3.62. The number of allylic oxidation sites excluding steroid dienone is 4. The Morgan fingerprint density at radius 1 is 1.40 bits per heavy atom. The summed E-state index contributed by atoms with van der Waals surface area (Å²) in [6.07, 6.45) is 8.40. The van der Waals surface area contributed by atoms with Gasteiger partial charge in [0.25, 0.3) is 0 Å². The lowest BCUT2D eigenvalue weighted by atomic mass is 9.67. The third kappa shape index (κ3) is 0.681. The first-order valence-corrected chi connectivity index (χ1v) is 4.17. The van der Waals surface area contributed by atoms with Gasteiger partial charge in [0.05, 0.1) is 0 Å². The Hall–Kier alpha value is -0.520. The van der Waals surface area contributed by atoms with E-state index >= 15 is 0 Å². The lowest BCUT2D eigenvalue weighted by Crippen LogP contribution is -2.27. The van der Waals surface area contributed by atoms with Gasteiger partial charge < -0.3 is 0 Å². The van der Waals surface area contributed by atoms with Gasteiger partial charge in [-0.3, -0.25) is 0 Å². The second kappa shape index (κ2) is 1.98. The molecule has 0 spiro atoms. The summed E-state index contributed by atoms with van der Waals surface area (Å²) in [5.41, 5.74) is 1.69. The smallest absolute Gasteiger partial charge is 0.00399 e. The SMILES string of the molecule is CC1CC=CC2C1=CC2C. The maximum atomic E-state index is 2.43. The van der Waals surface area contributed by atoms with Crippen molar-refractivity contribution in [1.29, 1.82) is 0 Å². The molecule has 0 aromatic carbocycles. The minimum atomic E-state index is 0.809. The molecule has 0 radical (unpaired) electrons. The van der Waals surface area contributed by atoms with E-state index in [1.54, 1.807) is 5.57 Å². The minimum Gasteiger partial charge on any atom is -0.0873 e. The first-order chi connectivity index (χ1) is 4.79. The molecule has 0 saturated heterocycles. The number of hydrogen-bond donors (Lipinski definition) is 0. The molecule has 0 heteroatoms. The number of hydrogen-bond acceptors (Lipinski definition) is 0. The fourth-order valence-corrected chi connectivity index (χ4v) is 2.05. The van der Waals surface area contributed by atoms with Crippen molar-refractivity contribution in [3.63, 3.8) is 0 Å². The maximum Gasteiger partial charge on any atom is 0.00399 e. The van der Waals surface area contributed by atoms with E-state index in [-0.39, 0.29) is 0 Å². The molecule has 0 aliphatic heterocycles. The van der Waals surface area contributed by atoms with Crippen molar-refractivity contribution in [3.8, 4) is 0 Å². The summed E-state index contributed by atoms with van der Waals surface area (Å²) >= 11 is 0. The highest BCUT2D eigenvalue weighted by atomic mass is 14.4. The van der Waals surface area contributed by atoms with Crippen LogP contribution in [0.25, 0.3) is 0 Å². The summed E-state index contributed by atoms with van der Waals surface area (Å²) in [5, 5.41) is 0. The van der Waals surface area contributed by atoms with E-state index in [0.717, 1.165) is 17.8 Å². The molecule has 0 amide bonds. The summed E-state index contributed by atoms with van der Waals surface area (Å²) in [6, 6.07) is 0. The molecule has 2 rings (SSSR count). The first kappa shape index (κ1) is 6.21. The molecule has 0 N–H and O–H groups in total. The van der Waals surface area contributed by atoms with Gasteiger partial charge in [0, 0.05) is 5.92 Å². The molecule has 0 fully saturated rings. The molecule has 0 bridgehead atoms. The Kier molecular flexibility index (Phi) is 1.23. The molecule has 3 unspecified atom stereocenters. The van der Waals surface area contributed by atoms with E-state index in [4.69, 9.17) is 0 Å². The highest BCUT2D eigenvalue weighted by Gasteiger charge is 2.31. The van der Waals surface area contributed by atoms with E-state index in [2.05, 4.69) is 32.1 Å². The van der Waals surface area contributed by atoms with Crippen LogP contribution in [0.15, 0.2) is 23.8 Å². The van der Waals surface area contributed by atoms with Crippen molar-refractivity contribution in [3.05, 3.63) is 23.8 Å². The van der Waals surface area contributed by atoms with Crippen LogP contribution in [0.2, 0.25) is 0 Å². The van der Waals surface area contributed by atoms with Crippen LogP contribution in [0.1, 0.15) is 20.3 Å². The molecule has 54 valence electrons. The van der Waals surface area contributed by atoms with Gasteiger partial charge in [-0.1, -0.05) is 37.6 Å². The molecule has 10 heavy (non-hydrogen) atoms. The third-order valence-corrected chi connectivity index (χ3v) is 2.81. The van der Waals surface area contributed by atoms with Crippen molar-refractivity contribution in [2.45, 2.75) is 20.3 Å². The lowest BCUT2D eigenvalue weighted by molar-refractivity contribution is 0.424. The zero-order valence-corrected chi connectivity index (χ0v) is 6.67. The Bertz CT molecular complexity index is 198. The van der Waals surface area contributed by atoms with Crippen LogP contribution in [0.4, 0.5) is 0 Å². The van der Waals surface area contributed by atoms with Crippen LogP contribution in [-0.2, 0) is 0 Å². The van der Waals surface area contributed by atoms with Gasteiger partial charge in [-0.05, 0) is 18.3 Å². The maximum absolute atomic E-state index is 2.43. The van der Waals surface area contributed by atoms with Crippen molar-refractivity contribution in [2.24, 2.45) is 17.8 Å². The molecule has 0 nitrogen and oxygen atoms in total. The van der Waals surface area contributed by atoms with Crippen molar-refractivity contribution < 1.29 is 0 Å². The second-order valence-electron chi connectivity index (χ2n) is 3.62. The predicted octanol–water partition coefficient (Wildman–Crippen LogP) is 2.77. The number of fused-ring (bicyclic) bond motifs is 1. The lowest BCUT2D eigenvalue weighted by Gasteiger charge is -2.38. The predicted molar refractivity (Wildman–Crippen MR) is 43.7 cm³/mol. The van der Waals surface area contributed by atoms with E-state index in [1.165, 1.54) is 6.42 Å². The molecule has 3 atom stereocenters. The number of rotatable bonds is 0. The largest absolute Gasteiger partial charge is 0.0873 e. The first-order valence-electron chi connectivity index (χ1n) is 4.17. The Morgan fingerprint density at radius 2 is 2.20 bits per heavy atom. The Morgan fingerprint density at radius 3 is 2.80 bits per heavy atom. The summed E-state index contributed by atoms with van der Waals surface area (Å²) < 4.78 is 0. The molecule has 0 aromatic rings. The van der Waals surface area contributed by atoms with Gasteiger partial charge >= 0.3 is 0 Å². The molecule has 2 aliphatic rings. The van der Waals surface area contributed by atoms with Crippen molar-refractivity contribution in [2.75, 3.05) is 0 Å². The van der Waals surface area contributed by atoms with Crippen LogP contribution < -0.4 is 0 Å². The van der Waals surface area contributed by atoms with Gasteiger partial charge in [-0.2, -0.15) is 0 Å². The van der Waals surface area contributed by atoms with E-state index in [1.807, 2.05) is 0 Å². The third-order valence-electron chi connectivity index (χ3n) is 2.81. The van der Waals surface area contributed by atoms with Crippen LogP contribution in [0.3, 0.4) is 0 Å². The van der Waals surface area contributed by atoms with Crippen LogP contribution in [0, 0.1) is 17.8 Å². The van der Waals surface area contributed by atoms with Gasteiger partial charge in [0.15, 0.2) is 0 Å². The molecule has 0 aromatic heterocycles. The summed E-state index contributed by atoms with van der Waals surface area (Å²) in [7, 11) is 0. The summed E-state index contributed by atoms with van der Waals surface area (Å²) in [6.45, 7) is 4.63. The summed E-state index contributed by atoms with van der Waals surface area (Å²) in [5.74, 6) is 2.45. The minimum absolute atomic E-state index is 0.809. The van der Waals surface area contributed by atoms with Gasteiger partial charge in [0.1, 0.15) is 0 Å². The monoisotopic (exact) mass is 134 g/mol. The highest BCUT2D eigenvalue weighted by Crippen LogP contribution is 2.42. The highest BCUT2D eigenvalue weighted by molar-refractivity contribution is 5.31. The van der Waals surface area contributed by atoms with Gasteiger partial charge in [0.2, 0.25) is 0 Å². The Balaban J connectivity index is 2.26. The van der Waals surface area contributed by atoms with E-state index in [0.29, 0.717) is 0 Å². The van der Waals surface area contributed by atoms with Crippen LogP contribution in [-0.4, -0.2) is 0 Å². The standard InChI is InChI=1S/C10H14/c1-7-4-3-5-9-8(2)6-10(7)9/h3,5-9H,4H2,1-2H3. The van der Waals surface area contributed by atoms with E-state index < -0.39 is 0 Å². The molecule has 0 saturated carbocycles. The fourth-order valence-electron chi connectivity index (χ4n) is 2.05. The van der Waals surface area contributed by atoms with Crippen LogP contribution in [0.5, 0.6) is 0 Å². The zero-order chi connectivity index (χ0) is 7.14. The van der Waals surface area contributed by atoms with Gasteiger partial charge in [-0.15, -0.1) is 0 Å². The topological polar surface area (TPSA) is 0 Å². The quantitative estimate of drug-likeness (QED) is 0.447. The van der Waals surface area contributed by atoms with Crippen molar-refractivity contribution in [1.82, 2.24) is 0 Å². The summed E-state index contributed by atoms with van der Waals surface area (Å²) in [4.78, 5) is 0.